The van der Waals surface area contributed by atoms with Crippen molar-refractivity contribution >= 4 is 5.97 Å². The van der Waals surface area contributed by atoms with Crippen molar-refractivity contribution in [1.29, 1.82) is 0 Å². The summed E-state index contributed by atoms with van der Waals surface area (Å²) in [5, 5.41) is 8.56. The molecule has 0 saturated carbocycles. The Morgan fingerprint density at radius 2 is 2.43 bits per heavy atom. The minimum atomic E-state index is -1.75. The van der Waals surface area contributed by atoms with Crippen LogP contribution in [0.5, 0.6) is 0 Å². The molecule has 0 bridgehead atoms. The van der Waals surface area contributed by atoms with Crippen molar-refractivity contribution in [2.24, 2.45) is 5.92 Å². The molecule has 82 valence electrons. The number of carboxylic acid groups (broad SMARTS) is 1. The Kier molecular flexibility index (Phi) is 3.48. The highest BCUT2D eigenvalue weighted by atomic mass is 19.1. The number of ether oxygens (including phenoxy) is 1. The standard InChI is InChI=1S/C10H17FO3/c1-3-10(2)6-7(4-5-14-10)8(11)9(12)13/h7-8H,3-6H2,1-2H3,(H,12,13). The normalized spacial score (nSPS) is 35.2. The first-order valence-electron chi connectivity index (χ1n) is 4.99. The molecule has 1 heterocycles. The van der Waals surface area contributed by atoms with Crippen molar-refractivity contribution in [2.75, 3.05) is 6.61 Å². The van der Waals surface area contributed by atoms with Gasteiger partial charge in [-0.3, -0.25) is 0 Å². The monoisotopic (exact) mass is 204 g/mol. The highest BCUT2D eigenvalue weighted by Gasteiger charge is 2.38. The topological polar surface area (TPSA) is 46.5 Å². The van der Waals surface area contributed by atoms with E-state index in [0.29, 0.717) is 19.4 Å². The molecule has 0 aromatic heterocycles. The summed E-state index contributed by atoms with van der Waals surface area (Å²) >= 11 is 0. The second kappa shape index (κ2) is 4.26. The quantitative estimate of drug-likeness (QED) is 0.764. The highest BCUT2D eigenvalue weighted by Crippen LogP contribution is 2.34. The largest absolute Gasteiger partial charge is 0.479 e. The van der Waals surface area contributed by atoms with Crippen molar-refractivity contribution in [3.63, 3.8) is 0 Å². The van der Waals surface area contributed by atoms with Crippen LogP contribution in [0.2, 0.25) is 0 Å². The van der Waals surface area contributed by atoms with E-state index in [1.54, 1.807) is 0 Å². The third-order valence-corrected chi connectivity index (χ3v) is 3.03. The van der Waals surface area contributed by atoms with Crippen LogP contribution in [0.1, 0.15) is 33.1 Å². The smallest absolute Gasteiger partial charge is 0.338 e. The molecule has 1 aliphatic rings. The zero-order valence-electron chi connectivity index (χ0n) is 8.62. The summed E-state index contributed by atoms with van der Waals surface area (Å²) in [6, 6.07) is 0. The van der Waals surface area contributed by atoms with Crippen LogP contribution < -0.4 is 0 Å². The Balaban J connectivity index is 2.60. The van der Waals surface area contributed by atoms with Gasteiger partial charge in [-0.2, -0.15) is 0 Å². The average Bonchev–Trinajstić information content (AvgIpc) is 2.16. The molecule has 0 amide bonds. The van der Waals surface area contributed by atoms with Crippen molar-refractivity contribution < 1.29 is 19.0 Å². The average molecular weight is 204 g/mol. The van der Waals surface area contributed by atoms with Gasteiger partial charge in [-0.1, -0.05) is 6.92 Å². The van der Waals surface area contributed by atoms with Gasteiger partial charge in [0.25, 0.3) is 0 Å². The lowest BCUT2D eigenvalue weighted by molar-refractivity contribution is -0.150. The van der Waals surface area contributed by atoms with E-state index in [1.807, 2.05) is 13.8 Å². The second-order valence-electron chi connectivity index (χ2n) is 4.14. The number of hydrogen-bond acceptors (Lipinski definition) is 2. The van der Waals surface area contributed by atoms with Crippen LogP contribution in [0.15, 0.2) is 0 Å². The minimum absolute atomic E-state index is 0.345. The van der Waals surface area contributed by atoms with Crippen LogP contribution in [0.3, 0.4) is 0 Å². The summed E-state index contributed by atoms with van der Waals surface area (Å²) in [5.74, 6) is -1.75. The number of aliphatic carboxylic acids is 1. The fraction of sp³-hybridized carbons (Fsp3) is 0.900. The first-order valence-corrected chi connectivity index (χ1v) is 4.99. The van der Waals surface area contributed by atoms with Gasteiger partial charge in [0.15, 0.2) is 6.17 Å². The molecule has 0 radical (unpaired) electrons. The molecule has 3 atom stereocenters. The van der Waals surface area contributed by atoms with E-state index in [2.05, 4.69) is 0 Å². The van der Waals surface area contributed by atoms with Crippen LogP contribution >= 0.6 is 0 Å². The number of carbonyl (C=O) groups is 1. The second-order valence-corrected chi connectivity index (χ2v) is 4.14. The summed E-state index contributed by atoms with van der Waals surface area (Å²) in [5.41, 5.74) is -0.345. The fourth-order valence-electron chi connectivity index (χ4n) is 1.87. The van der Waals surface area contributed by atoms with Gasteiger partial charge in [-0.05, 0) is 26.2 Å². The van der Waals surface area contributed by atoms with E-state index in [1.165, 1.54) is 0 Å². The van der Waals surface area contributed by atoms with Crippen molar-refractivity contribution in [3.05, 3.63) is 0 Å². The predicted octanol–water partition coefficient (Wildman–Crippen LogP) is 2.00. The predicted molar refractivity (Wildman–Crippen MR) is 49.9 cm³/mol. The number of halogens is 1. The Morgan fingerprint density at radius 3 is 2.93 bits per heavy atom. The molecule has 0 spiro atoms. The van der Waals surface area contributed by atoms with E-state index in [0.717, 1.165) is 6.42 Å². The maximum Gasteiger partial charge on any atom is 0.338 e. The van der Waals surface area contributed by atoms with Gasteiger partial charge in [-0.25, -0.2) is 9.18 Å². The molecule has 1 fully saturated rings. The van der Waals surface area contributed by atoms with Gasteiger partial charge in [0.2, 0.25) is 0 Å². The Bertz CT molecular complexity index is 219. The third kappa shape index (κ3) is 2.44. The maximum atomic E-state index is 13.2. The lowest BCUT2D eigenvalue weighted by atomic mass is 9.83. The SMILES string of the molecule is CCC1(C)CC(C(F)C(=O)O)CCO1. The Morgan fingerprint density at radius 1 is 1.79 bits per heavy atom. The van der Waals surface area contributed by atoms with E-state index < -0.39 is 18.1 Å². The molecule has 0 aliphatic carbocycles. The van der Waals surface area contributed by atoms with Gasteiger partial charge in [-0.15, -0.1) is 0 Å². The molecule has 3 unspecified atom stereocenters. The maximum absolute atomic E-state index is 13.2. The zero-order valence-corrected chi connectivity index (χ0v) is 8.62. The van der Waals surface area contributed by atoms with Crippen molar-refractivity contribution in [3.8, 4) is 0 Å². The molecule has 0 aromatic carbocycles. The van der Waals surface area contributed by atoms with E-state index in [-0.39, 0.29) is 5.60 Å². The summed E-state index contributed by atoms with van der Waals surface area (Å²) in [6.07, 6.45) is 0.0420. The molecule has 1 rings (SSSR count). The van der Waals surface area contributed by atoms with E-state index >= 15 is 0 Å². The third-order valence-electron chi connectivity index (χ3n) is 3.03. The lowest BCUT2D eigenvalue weighted by Gasteiger charge is -2.38. The summed E-state index contributed by atoms with van der Waals surface area (Å²) in [7, 11) is 0. The van der Waals surface area contributed by atoms with Crippen LogP contribution in [0.4, 0.5) is 4.39 Å². The molecule has 4 heteroatoms. The molecule has 1 aliphatic heterocycles. The van der Waals surface area contributed by atoms with Crippen LogP contribution in [0, 0.1) is 5.92 Å². The number of alkyl halides is 1. The van der Waals surface area contributed by atoms with Gasteiger partial charge >= 0.3 is 5.97 Å². The van der Waals surface area contributed by atoms with Crippen molar-refractivity contribution in [1.82, 2.24) is 0 Å². The van der Waals surface area contributed by atoms with Gasteiger partial charge in [0.05, 0.1) is 5.60 Å². The van der Waals surface area contributed by atoms with E-state index in [9.17, 15) is 9.18 Å². The molecule has 1 saturated heterocycles. The number of hydrogen-bond donors (Lipinski definition) is 1. The molecular weight excluding hydrogens is 187 g/mol. The van der Waals surface area contributed by atoms with Crippen LogP contribution in [0.25, 0.3) is 0 Å². The molecule has 1 N–H and O–H groups in total. The van der Waals surface area contributed by atoms with Crippen molar-refractivity contribution in [2.45, 2.75) is 44.9 Å². The summed E-state index contributed by atoms with van der Waals surface area (Å²) < 4.78 is 18.8. The highest BCUT2D eigenvalue weighted by molar-refractivity contribution is 5.72. The summed E-state index contributed by atoms with van der Waals surface area (Å²) in [6.45, 7) is 4.34. The zero-order chi connectivity index (χ0) is 10.8. The molecule has 3 nitrogen and oxygen atoms in total. The molecule has 0 aromatic rings. The fourth-order valence-corrected chi connectivity index (χ4v) is 1.87. The van der Waals surface area contributed by atoms with Crippen LogP contribution in [-0.4, -0.2) is 29.5 Å². The van der Waals surface area contributed by atoms with Gasteiger partial charge < -0.3 is 9.84 Å². The molecular formula is C10H17FO3. The summed E-state index contributed by atoms with van der Waals surface area (Å²) in [4.78, 5) is 10.5. The Labute approximate surface area is 83.3 Å². The first-order chi connectivity index (χ1) is 6.48. The van der Waals surface area contributed by atoms with Gasteiger partial charge in [0, 0.05) is 12.5 Å². The van der Waals surface area contributed by atoms with Gasteiger partial charge in [0.1, 0.15) is 0 Å². The molecule has 14 heavy (non-hydrogen) atoms. The lowest BCUT2D eigenvalue weighted by Crippen LogP contribution is -2.41. The number of carboxylic acids is 1. The Hall–Kier alpha value is -0.640. The number of rotatable bonds is 3. The minimum Gasteiger partial charge on any atom is -0.479 e. The van der Waals surface area contributed by atoms with E-state index in [4.69, 9.17) is 9.84 Å². The van der Waals surface area contributed by atoms with Crippen LogP contribution in [-0.2, 0) is 9.53 Å². The first kappa shape index (κ1) is 11.4.